The number of amides is 1. The van der Waals surface area contributed by atoms with Crippen molar-refractivity contribution in [2.24, 2.45) is 0 Å². The highest BCUT2D eigenvalue weighted by Gasteiger charge is 2.30. The second-order valence-electron chi connectivity index (χ2n) is 4.77. The summed E-state index contributed by atoms with van der Waals surface area (Å²) in [6, 6.07) is 11.6. The van der Waals surface area contributed by atoms with Crippen molar-refractivity contribution in [1.29, 1.82) is 0 Å². The number of anilines is 1. The first kappa shape index (κ1) is 15.8. The Morgan fingerprint density at radius 2 is 1.70 bits per heavy atom. The molecule has 3 aromatic rings. The Balaban J connectivity index is 1.85. The van der Waals surface area contributed by atoms with Gasteiger partial charge in [0.2, 0.25) is 0 Å². The first-order chi connectivity index (χ1) is 10.9. The molecule has 3 rings (SSSR count). The van der Waals surface area contributed by atoms with E-state index in [1.165, 1.54) is 23.5 Å². The molecule has 0 fully saturated rings. The summed E-state index contributed by atoms with van der Waals surface area (Å²) >= 11 is 7.44. The number of thiophene rings is 1. The second kappa shape index (κ2) is 5.86. The fourth-order valence-corrected chi connectivity index (χ4v) is 3.50. The second-order valence-corrected chi connectivity index (χ2v) is 6.20. The number of nitrogens with one attached hydrogen (secondary N) is 1. The molecule has 0 spiro atoms. The predicted molar refractivity (Wildman–Crippen MR) is 86.2 cm³/mol. The van der Waals surface area contributed by atoms with E-state index in [1.807, 2.05) is 24.3 Å². The van der Waals surface area contributed by atoms with Crippen molar-refractivity contribution in [3.8, 4) is 0 Å². The number of carbonyl (C=O) groups is 1. The number of hydrogen-bond donors (Lipinski definition) is 1. The van der Waals surface area contributed by atoms with Crippen LogP contribution in [0.25, 0.3) is 10.1 Å². The van der Waals surface area contributed by atoms with E-state index in [0.717, 1.165) is 22.2 Å². The van der Waals surface area contributed by atoms with Crippen molar-refractivity contribution in [3.05, 3.63) is 64.0 Å². The molecule has 7 heteroatoms. The SMILES string of the molecule is O=C(Nc1ccc(C(F)(F)F)cc1)c1sc2ccccc2c1Cl. The van der Waals surface area contributed by atoms with Crippen LogP contribution >= 0.6 is 22.9 Å². The summed E-state index contributed by atoms with van der Waals surface area (Å²) in [4.78, 5) is 12.6. The van der Waals surface area contributed by atoms with Crippen molar-refractivity contribution < 1.29 is 18.0 Å². The Hall–Kier alpha value is -2.05. The first-order valence-electron chi connectivity index (χ1n) is 6.52. The molecule has 1 N–H and O–H groups in total. The molecule has 0 unspecified atom stereocenters. The van der Waals surface area contributed by atoms with Crippen LogP contribution in [0.2, 0.25) is 5.02 Å². The molecule has 1 heterocycles. The van der Waals surface area contributed by atoms with Gasteiger partial charge in [-0.15, -0.1) is 11.3 Å². The van der Waals surface area contributed by atoms with Crippen LogP contribution < -0.4 is 5.32 Å². The van der Waals surface area contributed by atoms with Crippen molar-refractivity contribution in [2.75, 3.05) is 5.32 Å². The first-order valence-corrected chi connectivity index (χ1v) is 7.71. The van der Waals surface area contributed by atoms with Crippen LogP contribution in [0, 0.1) is 0 Å². The smallest absolute Gasteiger partial charge is 0.321 e. The molecule has 1 aromatic heterocycles. The summed E-state index contributed by atoms with van der Waals surface area (Å²) in [7, 11) is 0. The number of fused-ring (bicyclic) bond motifs is 1. The quantitative estimate of drug-likeness (QED) is 0.616. The van der Waals surface area contributed by atoms with E-state index in [0.29, 0.717) is 9.90 Å². The van der Waals surface area contributed by atoms with Gasteiger partial charge in [-0.2, -0.15) is 13.2 Å². The predicted octanol–water partition coefficient (Wildman–Crippen LogP) is 5.83. The molecule has 0 bridgehead atoms. The zero-order valence-electron chi connectivity index (χ0n) is 11.4. The lowest BCUT2D eigenvalue weighted by atomic mass is 10.2. The molecule has 0 saturated carbocycles. The topological polar surface area (TPSA) is 29.1 Å². The van der Waals surface area contributed by atoms with E-state index in [9.17, 15) is 18.0 Å². The Kier molecular flexibility index (Phi) is 4.04. The van der Waals surface area contributed by atoms with E-state index in [1.54, 1.807) is 0 Å². The minimum atomic E-state index is -4.41. The average Bonchev–Trinajstić information content (AvgIpc) is 2.85. The van der Waals surface area contributed by atoms with Gasteiger partial charge in [-0.05, 0) is 30.3 Å². The summed E-state index contributed by atoms with van der Waals surface area (Å²) in [6.45, 7) is 0. The Labute approximate surface area is 138 Å². The third kappa shape index (κ3) is 3.18. The maximum absolute atomic E-state index is 12.5. The minimum absolute atomic E-state index is 0.275. The third-order valence-electron chi connectivity index (χ3n) is 3.21. The highest BCUT2D eigenvalue weighted by Crippen LogP contribution is 2.35. The lowest BCUT2D eigenvalue weighted by Crippen LogP contribution is -2.11. The Morgan fingerprint density at radius 1 is 1.04 bits per heavy atom. The van der Waals surface area contributed by atoms with Gasteiger partial charge in [0, 0.05) is 15.8 Å². The number of rotatable bonds is 2. The number of halogens is 4. The summed E-state index contributed by atoms with van der Waals surface area (Å²) in [5.74, 6) is -0.448. The van der Waals surface area contributed by atoms with E-state index < -0.39 is 17.6 Å². The van der Waals surface area contributed by atoms with Crippen LogP contribution in [0.4, 0.5) is 18.9 Å². The molecule has 118 valence electrons. The van der Waals surface area contributed by atoms with Gasteiger partial charge < -0.3 is 5.32 Å². The van der Waals surface area contributed by atoms with E-state index in [-0.39, 0.29) is 5.69 Å². The molecule has 0 aliphatic heterocycles. The van der Waals surface area contributed by atoms with Gasteiger partial charge in [0.05, 0.1) is 10.6 Å². The molecular weight excluding hydrogens is 347 g/mol. The van der Waals surface area contributed by atoms with Crippen LogP contribution in [0.3, 0.4) is 0 Å². The zero-order valence-corrected chi connectivity index (χ0v) is 13.0. The molecular formula is C16H9ClF3NOS. The number of carbonyl (C=O) groups excluding carboxylic acids is 1. The zero-order chi connectivity index (χ0) is 16.6. The highest BCUT2D eigenvalue weighted by atomic mass is 35.5. The maximum Gasteiger partial charge on any atom is 0.416 e. The summed E-state index contributed by atoms with van der Waals surface area (Å²) in [5, 5.41) is 3.68. The van der Waals surface area contributed by atoms with E-state index in [2.05, 4.69) is 5.32 Å². The van der Waals surface area contributed by atoms with Crippen molar-refractivity contribution in [2.45, 2.75) is 6.18 Å². The average molecular weight is 356 g/mol. The van der Waals surface area contributed by atoms with Crippen LogP contribution in [0.15, 0.2) is 48.5 Å². The fraction of sp³-hybridized carbons (Fsp3) is 0.0625. The van der Waals surface area contributed by atoms with Crippen molar-refractivity contribution in [3.63, 3.8) is 0 Å². The third-order valence-corrected chi connectivity index (χ3v) is 4.89. The van der Waals surface area contributed by atoms with E-state index in [4.69, 9.17) is 11.6 Å². The largest absolute Gasteiger partial charge is 0.416 e. The number of hydrogen-bond acceptors (Lipinski definition) is 2. The number of benzene rings is 2. The van der Waals surface area contributed by atoms with Gasteiger partial charge in [-0.1, -0.05) is 29.8 Å². The van der Waals surface area contributed by atoms with Crippen LogP contribution in [-0.4, -0.2) is 5.91 Å². The van der Waals surface area contributed by atoms with Crippen LogP contribution in [0.1, 0.15) is 15.2 Å². The molecule has 0 saturated heterocycles. The van der Waals surface area contributed by atoms with Gasteiger partial charge >= 0.3 is 6.18 Å². The molecule has 2 nitrogen and oxygen atoms in total. The number of alkyl halides is 3. The van der Waals surface area contributed by atoms with Gasteiger partial charge in [-0.3, -0.25) is 4.79 Å². The molecule has 0 atom stereocenters. The van der Waals surface area contributed by atoms with Gasteiger partial charge in [0.15, 0.2) is 0 Å². The molecule has 0 radical (unpaired) electrons. The van der Waals surface area contributed by atoms with E-state index >= 15 is 0 Å². The summed E-state index contributed by atoms with van der Waals surface area (Å²) < 4.78 is 38.4. The minimum Gasteiger partial charge on any atom is -0.321 e. The van der Waals surface area contributed by atoms with Gasteiger partial charge in [0.25, 0.3) is 5.91 Å². The summed E-state index contributed by atoms with van der Waals surface area (Å²) in [6.07, 6.45) is -4.41. The highest BCUT2D eigenvalue weighted by molar-refractivity contribution is 7.21. The Bertz CT molecular complexity index is 871. The van der Waals surface area contributed by atoms with Crippen LogP contribution in [0.5, 0.6) is 0 Å². The fourth-order valence-electron chi connectivity index (χ4n) is 2.09. The van der Waals surface area contributed by atoms with Gasteiger partial charge in [0.1, 0.15) is 4.88 Å². The van der Waals surface area contributed by atoms with Crippen molar-refractivity contribution in [1.82, 2.24) is 0 Å². The molecule has 2 aromatic carbocycles. The standard InChI is InChI=1S/C16H9ClF3NOS/c17-13-11-3-1-2-4-12(11)23-14(13)15(22)21-10-7-5-9(6-8-10)16(18,19)20/h1-8H,(H,21,22). The molecule has 0 aliphatic rings. The van der Waals surface area contributed by atoms with Crippen LogP contribution in [-0.2, 0) is 6.18 Å². The lowest BCUT2D eigenvalue weighted by Gasteiger charge is -2.08. The normalized spacial score (nSPS) is 11.7. The lowest BCUT2D eigenvalue weighted by molar-refractivity contribution is -0.137. The Morgan fingerprint density at radius 3 is 2.30 bits per heavy atom. The van der Waals surface area contributed by atoms with Gasteiger partial charge in [-0.25, -0.2) is 0 Å². The molecule has 1 amide bonds. The maximum atomic E-state index is 12.5. The van der Waals surface area contributed by atoms with Crippen molar-refractivity contribution >= 4 is 44.6 Å². The molecule has 23 heavy (non-hydrogen) atoms. The molecule has 0 aliphatic carbocycles. The summed E-state index contributed by atoms with van der Waals surface area (Å²) in [5.41, 5.74) is -0.494. The monoisotopic (exact) mass is 355 g/mol.